The summed E-state index contributed by atoms with van der Waals surface area (Å²) in [5.74, 6) is -0.254. The summed E-state index contributed by atoms with van der Waals surface area (Å²) in [4.78, 5) is 29.6. The van der Waals surface area contributed by atoms with Crippen LogP contribution in [0.1, 0.15) is 12.1 Å². The molecule has 1 aliphatic rings. The minimum absolute atomic E-state index is 0.0288. The molecule has 3 heterocycles. The number of aliphatic carboxylic acids is 1. The quantitative estimate of drug-likeness (QED) is 0.820. The molecule has 0 atom stereocenters. The van der Waals surface area contributed by atoms with E-state index in [9.17, 15) is 9.59 Å². The maximum atomic E-state index is 11.4. The average Bonchev–Trinajstić information content (AvgIpc) is 2.94. The van der Waals surface area contributed by atoms with E-state index in [4.69, 9.17) is 5.11 Å². The molecule has 3 rings (SSSR count). The Morgan fingerprint density at radius 2 is 2.33 bits per heavy atom. The number of rotatable bonds is 3. The highest BCUT2D eigenvalue weighted by atomic mass is 32.1. The predicted octanol–water partition coefficient (Wildman–Crippen LogP) is 0.820. The number of aromatic nitrogens is 2. The van der Waals surface area contributed by atoms with Crippen LogP contribution in [0.4, 0.5) is 5.82 Å². The van der Waals surface area contributed by atoms with Gasteiger partial charge in [-0.1, -0.05) is 0 Å². The lowest BCUT2D eigenvalue weighted by molar-refractivity contribution is -0.131. The van der Waals surface area contributed by atoms with Crippen LogP contribution in [0, 0.1) is 0 Å². The molecule has 110 valence electrons. The fraction of sp³-hybridized carbons (Fsp3) is 0.308. The van der Waals surface area contributed by atoms with Gasteiger partial charge < -0.3 is 15.3 Å². The normalized spacial score (nSPS) is 16.4. The molecule has 1 amide bonds. The highest BCUT2D eigenvalue weighted by Crippen LogP contribution is 2.26. The van der Waals surface area contributed by atoms with Crippen LogP contribution in [0.3, 0.4) is 0 Å². The van der Waals surface area contributed by atoms with Crippen LogP contribution in [0.25, 0.3) is 11.0 Å². The van der Waals surface area contributed by atoms with Crippen LogP contribution >= 0.6 is 11.3 Å². The fourth-order valence-electron chi connectivity index (χ4n) is 2.31. The second kappa shape index (κ2) is 5.57. The number of nitrogens with one attached hydrogen (secondary N) is 1. The van der Waals surface area contributed by atoms with Crippen LogP contribution in [0.2, 0.25) is 0 Å². The van der Waals surface area contributed by atoms with Crippen LogP contribution in [0.15, 0.2) is 17.7 Å². The van der Waals surface area contributed by atoms with Gasteiger partial charge in [-0.25, -0.2) is 9.78 Å². The summed E-state index contributed by atoms with van der Waals surface area (Å²) in [6.45, 7) is 1.79. The number of amides is 1. The van der Waals surface area contributed by atoms with Gasteiger partial charge in [-0.3, -0.25) is 9.20 Å². The molecule has 2 N–H and O–H groups in total. The van der Waals surface area contributed by atoms with Crippen LogP contribution in [-0.4, -0.2) is 46.0 Å². The van der Waals surface area contributed by atoms with Crippen molar-refractivity contribution in [2.75, 3.05) is 24.5 Å². The van der Waals surface area contributed by atoms with Crippen molar-refractivity contribution in [3.63, 3.8) is 0 Å². The second-order valence-electron chi connectivity index (χ2n) is 4.63. The first-order chi connectivity index (χ1) is 10.1. The van der Waals surface area contributed by atoms with E-state index in [-0.39, 0.29) is 5.91 Å². The first kappa shape index (κ1) is 13.6. The largest absolute Gasteiger partial charge is 0.478 e. The predicted molar refractivity (Wildman–Crippen MR) is 79.6 cm³/mol. The van der Waals surface area contributed by atoms with E-state index in [1.165, 1.54) is 11.3 Å². The summed E-state index contributed by atoms with van der Waals surface area (Å²) >= 11 is 1.49. The van der Waals surface area contributed by atoms with Crippen molar-refractivity contribution in [3.8, 4) is 0 Å². The molecule has 2 aromatic heterocycles. The smallest absolute Gasteiger partial charge is 0.328 e. The standard InChI is InChI=1S/C13H14N4O3S/c18-10-3-5-16(6-4-14-10)12-9(1-2-11(19)20)17-7-8-21-13(17)15-12/h1-2,7-8H,3-6H2,(H,14,18)(H,19,20). The van der Waals surface area contributed by atoms with Crippen molar-refractivity contribution in [2.45, 2.75) is 6.42 Å². The zero-order valence-corrected chi connectivity index (χ0v) is 12.0. The lowest BCUT2D eigenvalue weighted by atomic mass is 10.3. The molecule has 1 fully saturated rings. The third-order valence-electron chi connectivity index (χ3n) is 3.28. The molecule has 0 aliphatic carbocycles. The summed E-state index contributed by atoms with van der Waals surface area (Å²) in [5.41, 5.74) is 0.725. The van der Waals surface area contributed by atoms with Gasteiger partial charge in [0.1, 0.15) is 0 Å². The van der Waals surface area contributed by atoms with Gasteiger partial charge in [-0.2, -0.15) is 0 Å². The van der Waals surface area contributed by atoms with Gasteiger partial charge >= 0.3 is 5.97 Å². The molecular formula is C13H14N4O3S. The summed E-state index contributed by atoms with van der Waals surface area (Å²) in [6.07, 6.45) is 4.92. The molecule has 0 aromatic carbocycles. The number of thiazole rings is 1. The Morgan fingerprint density at radius 3 is 3.14 bits per heavy atom. The molecule has 2 aromatic rings. The minimum atomic E-state index is -1.00. The van der Waals surface area contributed by atoms with Crippen molar-refractivity contribution in [3.05, 3.63) is 23.3 Å². The number of hydrogen-bond acceptors (Lipinski definition) is 5. The van der Waals surface area contributed by atoms with E-state index in [1.54, 1.807) is 6.08 Å². The van der Waals surface area contributed by atoms with Crippen molar-refractivity contribution in [1.82, 2.24) is 14.7 Å². The van der Waals surface area contributed by atoms with E-state index >= 15 is 0 Å². The van der Waals surface area contributed by atoms with Gasteiger partial charge in [0.2, 0.25) is 5.91 Å². The fourth-order valence-corrected chi connectivity index (χ4v) is 3.02. The molecule has 1 saturated heterocycles. The molecule has 21 heavy (non-hydrogen) atoms. The maximum Gasteiger partial charge on any atom is 0.328 e. The number of imidazole rings is 1. The topological polar surface area (TPSA) is 86.9 Å². The number of nitrogens with zero attached hydrogens (tertiary/aromatic N) is 3. The average molecular weight is 306 g/mol. The van der Waals surface area contributed by atoms with E-state index in [0.29, 0.717) is 26.1 Å². The van der Waals surface area contributed by atoms with Crippen molar-refractivity contribution >= 4 is 40.1 Å². The second-order valence-corrected chi connectivity index (χ2v) is 5.51. The number of fused-ring (bicyclic) bond motifs is 1. The van der Waals surface area contributed by atoms with Crippen molar-refractivity contribution in [2.24, 2.45) is 0 Å². The Labute approximate surface area is 124 Å². The van der Waals surface area contributed by atoms with Crippen LogP contribution in [-0.2, 0) is 9.59 Å². The molecule has 0 bridgehead atoms. The molecule has 0 radical (unpaired) electrons. The lowest BCUT2D eigenvalue weighted by Crippen LogP contribution is -2.29. The minimum Gasteiger partial charge on any atom is -0.478 e. The Morgan fingerprint density at radius 1 is 1.48 bits per heavy atom. The summed E-state index contributed by atoms with van der Waals surface area (Å²) < 4.78 is 1.86. The van der Waals surface area contributed by atoms with Gasteiger partial charge in [-0.15, -0.1) is 11.3 Å². The highest BCUT2D eigenvalue weighted by Gasteiger charge is 2.20. The van der Waals surface area contributed by atoms with Gasteiger partial charge in [0.15, 0.2) is 10.8 Å². The van der Waals surface area contributed by atoms with Gasteiger partial charge in [-0.05, 0) is 6.08 Å². The van der Waals surface area contributed by atoms with Gasteiger partial charge in [0.25, 0.3) is 0 Å². The van der Waals surface area contributed by atoms with Crippen LogP contribution < -0.4 is 10.2 Å². The number of carbonyl (C=O) groups excluding carboxylic acids is 1. The molecule has 0 saturated carbocycles. The molecular weight excluding hydrogens is 292 g/mol. The zero-order valence-electron chi connectivity index (χ0n) is 11.2. The monoisotopic (exact) mass is 306 g/mol. The van der Waals surface area contributed by atoms with Gasteiger partial charge in [0.05, 0.1) is 5.69 Å². The maximum absolute atomic E-state index is 11.4. The van der Waals surface area contributed by atoms with Crippen molar-refractivity contribution in [1.29, 1.82) is 0 Å². The van der Waals surface area contributed by atoms with Gasteiger partial charge in [0, 0.05) is 43.7 Å². The highest BCUT2D eigenvalue weighted by molar-refractivity contribution is 7.15. The SMILES string of the molecule is O=C(O)C=Cc1c(N2CCNC(=O)CC2)nc2sccn12. The number of hydrogen-bond donors (Lipinski definition) is 2. The Hall–Kier alpha value is -2.35. The lowest BCUT2D eigenvalue weighted by Gasteiger charge is -2.19. The summed E-state index contributed by atoms with van der Waals surface area (Å²) in [6, 6.07) is 0. The Bertz CT molecular complexity index is 718. The summed E-state index contributed by atoms with van der Waals surface area (Å²) in [7, 11) is 0. The van der Waals surface area contributed by atoms with E-state index < -0.39 is 5.97 Å². The van der Waals surface area contributed by atoms with E-state index in [2.05, 4.69) is 10.3 Å². The molecule has 8 heteroatoms. The Balaban J connectivity index is 2.00. The third kappa shape index (κ3) is 2.75. The zero-order chi connectivity index (χ0) is 14.8. The first-order valence-corrected chi connectivity index (χ1v) is 7.41. The van der Waals surface area contributed by atoms with Crippen LogP contribution in [0.5, 0.6) is 0 Å². The number of carboxylic acids is 1. The number of anilines is 1. The summed E-state index contributed by atoms with van der Waals surface area (Å²) in [5, 5.41) is 13.6. The van der Waals surface area contributed by atoms with Crippen molar-refractivity contribution < 1.29 is 14.7 Å². The van der Waals surface area contributed by atoms with E-state index in [0.717, 1.165) is 22.5 Å². The Kier molecular flexibility index (Phi) is 3.61. The molecule has 0 spiro atoms. The number of carbonyl (C=O) groups is 2. The first-order valence-electron chi connectivity index (χ1n) is 6.53. The molecule has 7 nitrogen and oxygen atoms in total. The number of carboxylic acid groups (broad SMARTS) is 1. The third-order valence-corrected chi connectivity index (χ3v) is 4.03. The molecule has 1 aliphatic heterocycles. The van der Waals surface area contributed by atoms with E-state index in [1.807, 2.05) is 20.9 Å². The molecule has 0 unspecified atom stereocenters.